The van der Waals surface area contributed by atoms with Gasteiger partial charge in [0.25, 0.3) is 5.91 Å². The number of nitrogens with one attached hydrogen (secondary N) is 1. The van der Waals surface area contributed by atoms with Gasteiger partial charge in [-0.25, -0.2) is 9.78 Å². The van der Waals surface area contributed by atoms with Crippen molar-refractivity contribution < 1.29 is 23.8 Å². The Labute approximate surface area is 183 Å². The van der Waals surface area contributed by atoms with Crippen LogP contribution in [0.3, 0.4) is 0 Å². The van der Waals surface area contributed by atoms with Crippen molar-refractivity contribution >= 4 is 34.2 Å². The number of benzene rings is 2. The number of carbonyl (C=O) groups is 2. The predicted octanol–water partition coefficient (Wildman–Crippen LogP) is 4.21. The number of hydrogen-bond donors (Lipinski definition) is 1. The van der Waals surface area contributed by atoms with Crippen LogP contribution in [-0.4, -0.2) is 44.9 Å². The quantitative estimate of drug-likeness (QED) is 0.641. The summed E-state index contributed by atoms with van der Waals surface area (Å²) in [5, 5.41) is 5.19. The third-order valence-corrected chi connectivity index (χ3v) is 5.76. The molecule has 0 spiro atoms. The van der Waals surface area contributed by atoms with Crippen LogP contribution in [0.2, 0.25) is 0 Å². The molecule has 0 unspecified atom stereocenters. The predicted molar refractivity (Wildman–Crippen MR) is 119 cm³/mol. The Balaban J connectivity index is 1.52. The van der Waals surface area contributed by atoms with Gasteiger partial charge in [0.15, 0.2) is 5.13 Å². The van der Waals surface area contributed by atoms with Gasteiger partial charge in [-0.1, -0.05) is 6.07 Å². The summed E-state index contributed by atoms with van der Waals surface area (Å²) in [6, 6.07) is 10.8. The van der Waals surface area contributed by atoms with E-state index in [1.54, 1.807) is 23.1 Å². The molecule has 1 aromatic heterocycles. The maximum Gasteiger partial charge on any atom is 0.414 e. The molecule has 3 aromatic rings. The SMILES string of the molecule is COC(=O)N1CCc2cc(-c3csc(NC(=O)c4cc(OC)cc(OC)c4)n3)ccc21. The molecule has 2 heterocycles. The van der Waals surface area contributed by atoms with Crippen LogP contribution in [0.4, 0.5) is 15.6 Å². The number of carbonyl (C=O) groups excluding carboxylic acids is 2. The molecule has 4 rings (SSSR count). The summed E-state index contributed by atoms with van der Waals surface area (Å²) in [5.74, 6) is 0.757. The maximum atomic E-state index is 12.7. The third-order valence-electron chi connectivity index (χ3n) is 5.00. The summed E-state index contributed by atoms with van der Waals surface area (Å²) in [5.41, 5.74) is 4.00. The number of thiazole rings is 1. The molecule has 0 saturated heterocycles. The number of aromatic nitrogens is 1. The smallest absolute Gasteiger partial charge is 0.414 e. The van der Waals surface area contributed by atoms with Crippen LogP contribution < -0.4 is 19.7 Å². The molecule has 0 atom stereocenters. The van der Waals surface area contributed by atoms with E-state index in [0.717, 1.165) is 28.9 Å². The van der Waals surface area contributed by atoms with E-state index in [1.807, 2.05) is 23.6 Å². The van der Waals surface area contributed by atoms with Crippen LogP contribution in [0.5, 0.6) is 11.5 Å². The van der Waals surface area contributed by atoms with E-state index in [9.17, 15) is 9.59 Å². The summed E-state index contributed by atoms with van der Waals surface area (Å²) >= 11 is 1.34. The summed E-state index contributed by atoms with van der Waals surface area (Å²) in [6.07, 6.45) is 0.392. The molecule has 9 heteroatoms. The first-order chi connectivity index (χ1) is 15.0. The number of rotatable bonds is 5. The van der Waals surface area contributed by atoms with Crippen molar-refractivity contribution in [2.75, 3.05) is 38.1 Å². The van der Waals surface area contributed by atoms with E-state index in [1.165, 1.54) is 32.7 Å². The second-order valence-electron chi connectivity index (χ2n) is 6.81. The fourth-order valence-corrected chi connectivity index (χ4v) is 4.15. The van der Waals surface area contributed by atoms with E-state index in [2.05, 4.69) is 10.3 Å². The molecule has 31 heavy (non-hydrogen) atoms. The first-order valence-corrected chi connectivity index (χ1v) is 10.4. The van der Waals surface area contributed by atoms with Crippen LogP contribution >= 0.6 is 11.3 Å². The maximum absolute atomic E-state index is 12.7. The third kappa shape index (κ3) is 4.17. The van der Waals surface area contributed by atoms with E-state index in [0.29, 0.717) is 28.7 Å². The normalized spacial score (nSPS) is 12.3. The Morgan fingerprint density at radius 2 is 1.81 bits per heavy atom. The highest BCUT2D eigenvalue weighted by molar-refractivity contribution is 7.14. The Hall–Kier alpha value is -3.59. The van der Waals surface area contributed by atoms with Crippen molar-refractivity contribution in [2.45, 2.75) is 6.42 Å². The zero-order chi connectivity index (χ0) is 22.0. The van der Waals surface area contributed by atoms with E-state index >= 15 is 0 Å². The van der Waals surface area contributed by atoms with Crippen LogP contribution in [0.1, 0.15) is 15.9 Å². The average Bonchev–Trinajstić information content (AvgIpc) is 3.44. The zero-order valence-corrected chi connectivity index (χ0v) is 18.1. The molecule has 1 aliphatic heterocycles. The highest BCUT2D eigenvalue weighted by Crippen LogP contribution is 2.34. The number of anilines is 2. The second-order valence-corrected chi connectivity index (χ2v) is 7.67. The Kier molecular flexibility index (Phi) is 5.77. The first kappa shape index (κ1) is 20.7. The van der Waals surface area contributed by atoms with Gasteiger partial charge in [-0.2, -0.15) is 0 Å². The van der Waals surface area contributed by atoms with Gasteiger partial charge in [0, 0.05) is 29.1 Å². The second kappa shape index (κ2) is 8.65. The standard InChI is InChI=1S/C22H21N3O5S/c1-28-16-9-15(10-17(11-16)29-2)20(26)24-21-23-18(12-31-21)13-4-5-19-14(8-13)6-7-25(19)22(27)30-3/h4-5,8-12H,6-7H2,1-3H3,(H,23,24,26). The summed E-state index contributed by atoms with van der Waals surface area (Å²) in [4.78, 5) is 30.7. The van der Waals surface area contributed by atoms with E-state index in [4.69, 9.17) is 14.2 Å². The first-order valence-electron chi connectivity index (χ1n) is 9.51. The number of fused-ring (bicyclic) bond motifs is 1. The van der Waals surface area contributed by atoms with Gasteiger partial charge < -0.3 is 14.2 Å². The molecular weight excluding hydrogens is 418 g/mol. The Bertz CT molecular complexity index is 1120. The number of hydrogen-bond acceptors (Lipinski definition) is 7. The molecule has 0 bridgehead atoms. The molecule has 0 saturated carbocycles. The molecule has 2 aromatic carbocycles. The van der Waals surface area contributed by atoms with Gasteiger partial charge in [0.05, 0.1) is 32.7 Å². The van der Waals surface area contributed by atoms with Crippen molar-refractivity contribution in [3.05, 3.63) is 52.9 Å². The molecule has 2 amide bonds. The topological polar surface area (TPSA) is 90.0 Å². The zero-order valence-electron chi connectivity index (χ0n) is 17.3. The largest absolute Gasteiger partial charge is 0.497 e. The van der Waals surface area contributed by atoms with Crippen LogP contribution in [-0.2, 0) is 11.2 Å². The lowest BCUT2D eigenvalue weighted by Gasteiger charge is -2.15. The fourth-order valence-electron chi connectivity index (χ4n) is 3.43. The Morgan fingerprint density at radius 1 is 1.06 bits per heavy atom. The minimum absolute atomic E-state index is 0.305. The lowest BCUT2D eigenvalue weighted by molar-refractivity contribution is 0.102. The molecule has 0 fully saturated rings. The fraction of sp³-hybridized carbons (Fsp3) is 0.227. The average molecular weight is 439 g/mol. The summed E-state index contributed by atoms with van der Waals surface area (Å²) in [7, 11) is 4.44. The number of nitrogens with zero attached hydrogens (tertiary/aromatic N) is 2. The molecule has 1 aliphatic rings. The van der Waals surface area contributed by atoms with Gasteiger partial charge >= 0.3 is 6.09 Å². The van der Waals surface area contributed by atoms with Gasteiger partial charge in [-0.3, -0.25) is 15.0 Å². The summed E-state index contributed by atoms with van der Waals surface area (Å²) < 4.78 is 15.3. The van der Waals surface area contributed by atoms with Gasteiger partial charge in [-0.15, -0.1) is 11.3 Å². The van der Waals surface area contributed by atoms with Crippen molar-refractivity contribution in [3.63, 3.8) is 0 Å². The van der Waals surface area contributed by atoms with E-state index < -0.39 is 0 Å². The van der Waals surface area contributed by atoms with Crippen LogP contribution in [0, 0.1) is 0 Å². The Morgan fingerprint density at radius 3 is 2.48 bits per heavy atom. The number of amides is 2. The van der Waals surface area contributed by atoms with Crippen molar-refractivity contribution in [1.29, 1.82) is 0 Å². The molecule has 0 aliphatic carbocycles. The molecule has 1 N–H and O–H groups in total. The lowest BCUT2D eigenvalue weighted by atomic mass is 10.1. The van der Waals surface area contributed by atoms with Crippen LogP contribution in [0.15, 0.2) is 41.8 Å². The van der Waals surface area contributed by atoms with Gasteiger partial charge in [-0.05, 0) is 36.2 Å². The highest BCUT2D eigenvalue weighted by Gasteiger charge is 2.25. The summed E-state index contributed by atoms with van der Waals surface area (Å²) in [6.45, 7) is 0.591. The van der Waals surface area contributed by atoms with Crippen LogP contribution in [0.25, 0.3) is 11.3 Å². The monoisotopic (exact) mass is 439 g/mol. The van der Waals surface area contributed by atoms with Crippen molar-refractivity contribution in [1.82, 2.24) is 4.98 Å². The van der Waals surface area contributed by atoms with Crippen molar-refractivity contribution in [2.24, 2.45) is 0 Å². The lowest BCUT2D eigenvalue weighted by Crippen LogP contribution is -2.28. The number of ether oxygens (including phenoxy) is 3. The number of methoxy groups -OCH3 is 3. The van der Waals surface area contributed by atoms with Gasteiger partial charge in [0.1, 0.15) is 11.5 Å². The van der Waals surface area contributed by atoms with Gasteiger partial charge in [0.2, 0.25) is 0 Å². The highest BCUT2D eigenvalue weighted by atomic mass is 32.1. The molecule has 0 radical (unpaired) electrons. The minimum Gasteiger partial charge on any atom is -0.497 e. The molecule has 8 nitrogen and oxygen atoms in total. The van der Waals surface area contributed by atoms with Crippen molar-refractivity contribution in [3.8, 4) is 22.8 Å². The molecule has 160 valence electrons. The molecular formula is C22H21N3O5S. The van der Waals surface area contributed by atoms with E-state index in [-0.39, 0.29) is 12.0 Å². The minimum atomic E-state index is -0.362.